The molecule has 116 valence electrons. The highest BCUT2D eigenvalue weighted by Gasteiger charge is 2.34. The number of nitrogens with zero attached hydrogens (tertiary/aromatic N) is 3. The lowest BCUT2D eigenvalue weighted by atomic mass is 9.85. The molecule has 0 spiro atoms. The van der Waals surface area contributed by atoms with Gasteiger partial charge < -0.3 is 5.32 Å². The van der Waals surface area contributed by atoms with Gasteiger partial charge in [-0.15, -0.1) is 0 Å². The van der Waals surface area contributed by atoms with Crippen LogP contribution in [-0.2, 0) is 6.18 Å². The van der Waals surface area contributed by atoms with Gasteiger partial charge in [0, 0.05) is 30.6 Å². The SMILES string of the molecule is FC(F)(F)c1cc(NCC2CCC2)nc(-c2ccncc2)n1. The summed E-state index contributed by atoms with van der Waals surface area (Å²) < 4.78 is 39.0. The molecule has 1 aliphatic rings. The molecule has 0 atom stereocenters. The summed E-state index contributed by atoms with van der Waals surface area (Å²) in [5, 5.41) is 3.00. The van der Waals surface area contributed by atoms with Crippen molar-refractivity contribution in [3.63, 3.8) is 0 Å². The molecule has 2 aromatic rings. The van der Waals surface area contributed by atoms with Crippen molar-refractivity contribution in [2.75, 3.05) is 11.9 Å². The predicted molar refractivity (Wildman–Crippen MR) is 76.1 cm³/mol. The third-order valence-corrected chi connectivity index (χ3v) is 3.75. The molecule has 1 fully saturated rings. The van der Waals surface area contributed by atoms with Gasteiger partial charge in [-0.3, -0.25) is 4.98 Å². The summed E-state index contributed by atoms with van der Waals surface area (Å²) >= 11 is 0. The number of nitrogens with one attached hydrogen (secondary N) is 1. The minimum absolute atomic E-state index is 0.0494. The number of alkyl halides is 3. The Balaban J connectivity index is 1.91. The molecular weight excluding hydrogens is 293 g/mol. The third kappa shape index (κ3) is 3.35. The summed E-state index contributed by atoms with van der Waals surface area (Å²) in [4.78, 5) is 11.7. The van der Waals surface area contributed by atoms with Gasteiger partial charge in [0.2, 0.25) is 0 Å². The predicted octanol–water partition coefficient (Wildman–Crippen LogP) is 3.77. The lowest BCUT2D eigenvalue weighted by molar-refractivity contribution is -0.141. The third-order valence-electron chi connectivity index (χ3n) is 3.75. The fourth-order valence-electron chi connectivity index (χ4n) is 2.26. The molecule has 0 amide bonds. The molecule has 2 heterocycles. The average molecular weight is 308 g/mol. The molecule has 3 rings (SSSR count). The highest BCUT2D eigenvalue weighted by molar-refractivity contribution is 5.57. The lowest BCUT2D eigenvalue weighted by Gasteiger charge is -2.25. The number of aromatic nitrogens is 3. The first-order chi connectivity index (χ1) is 10.5. The van der Waals surface area contributed by atoms with Gasteiger partial charge in [0.25, 0.3) is 0 Å². The van der Waals surface area contributed by atoms with Gasteiger partial charge in [-0.05, 0) is 30.9 Å². The fourth-order valence-corrected chi connectivity index (χ4v) is 2.26. The van der Waals surface area contributed by atoms with Crippen LogP contribution in [-0.4, -0.2) is 21.5 Å². The van der Waals surface area contributed by atoms with Crippen LogP contribution < -0.4 is 5.32 Å². The van der Waals surface area contributed by atoms with Crippen LogP contribution >= 0.6 is 0 Å². The van der Waals surface area contributed by atoms with Crippen LogP contribution in [0.3, 0.4) is 0 Å². The number of halogens is 3. The van der Waals surface area contributed by atoms with Crippen molar-refractivity contribution in [2.24, 2.45) is 5.92 Å². The first kappa shape index (κ1) is 14.7. The van der Waals surface area contributed by atoms with Crippen molar-refractivity contribution in [3.8, 4) is 11.4 Å². The van der Waals surface area contributed by atoms with Gasteiger partial charge >= 0.3 is 6.18 Å². The summed E-state index contributed by atoms with van der Waals surface area (Å²) in [6.45, 7) is 0.643. The maximum atomic E-state index is 13.0. The molecule has 0 saturated heterocycles. The summed E-state index contributed by atoms with van der Waals surface area (Å²) in [5.41, 5.74) is -0.432. The average Bonchev–Trinajstić information content (AvgIpc) is 2.45. The minimum atomic E-state index is -4.50. The highest BCUT2D eigenvalue weighted by Crippen LogP contribution is 2.31. The monoisotopic (exact) mass is 308 g/mol. The Morgan fingerprint density at radius 2 is 1.86 bits per heavy atom. The van der Waals surface area contributed by atoms with Crippen molar-refractivity contribution in [1.82, 2.24) is 15.0 Å². The number of hydrogen-bond acceptors (Lipinski definition) is 4. The molecule has 22 heavy (non-hydrogen) atoms. The van der Waals surface area contributed by atoms with E-state index in [0.717, 1.165) is 18.9 Å². The summed E-state index contributed by atoms with van der Waals surface area (Å²) in [5.74, 6) is 0.781. The topological polar surface area (TPSA) is 50.7 Å². The van der Waals surface area contributed by atoms with Crippen LogP contribution in [0.1, 0.15) is 25.0 Å². The second-order valence-corrected chi connectivity index (χ2v) is 5.37. The molecule has 1 saturated carbocycles. The van der Waals surface area contributed by atoms with Gasteiger partial charge in [0.15, 0.2) is 11.5 Å². The Morgan fingerprint density at radius 3 is 2.45 bits per heavy atom. The normalized spacial score (nSPS) is 15.4. The van der Waals surface area contributed by atoms with Crippen LogP contribution in [0.4, 0.5) is 19.0 Å². The van der Waals surface area contributed by atoms with E-state index in [0.29, 0.717) is 18.0 Å². The molecule has 0 aliphatic heterocycles. The Morgan fingerprint density at radius 1 is 1.14 bits per heavy atom. The van der Waals surface area contributed by atoms with Crippen molar-refractivity contribution in [3.05, 3.63) is 36.3 Å². The van der Waals surface area contributed by atoms with E-state index in [1.807, 2.05) is 0 Å². The maximum absolute atomic E-state index is 13.0. The first-order valence-electron chi connectivity index (χ1n) is 7.13. The van der Waals surface area contributed by atoms with Gasteiger partial charge in [-0.25, -0.2) is 9.97 Å². The number of hydrogen-bond donors (Lipinski definition) is 1. The number of pyridine rings is 1. The van der Waals surface area contributed by atoms with Crippen molar-refractivity contribution >= 4 is 5.82 Å². The van der Waals surface area contributed by atoms with Gasteiger partial charge in [-0.2, -0.15) is 13.2 Å². The minimum Gasteiger partial charge on any atom is -0.370 e. The van der Waals surface area contributed by atoms with Gasteiger partial charge in [0.1, 0.15) is 5.82 Å². The molecule has 0 bridgehead atoms. The Hall–Kier alpha value is -2.18. The molecule has 0 unspecified atom stereocenters. The van der Waals surface area contributed by atoms with E-state index >= 15 is 0 Å². The summed E-state index contributed by atoms with van der Waals surface area (Å²) in [6, 6.07) is 4.14. The Bertz CT molecular complexity index is 639. The second-order valence-electron chi connectivity index (χ2n) is 5.37. The van der Waals surface area contributed by atoms with Crippen molar-refractivity contribution < 1.29 is 13.2 Å². The van der Waals surface area contributed by atoms with Crippen LogP contribution in [0.15, 0.2) is 30.6 Å². The van der Waals surface area contributed by atoms with Crippen LogP contribution in [0, 0.1) is 5.92 Å². The highest BCUT2D eigenvalue weighted by atomic mass is 19.4. The maximum Gasteiger partial charge on any atom is 0.433 e. The van der Waals surface area contributed by atoms with E-state index in [2.05, 4.69) is 20.3 Å². The van der Waals surface area contributed by atoms with Crippen LogP contribution in [0.25, 0.3) is 11.4 Å². The Labute approximate surface area is 125 Å². The lowest BCUT2D eigenvalue weighted by Crippen LogP contribution is -2.22. The zero-order valence-corrected chi connectivity index (χ0v) is 11.8. The van der Waals surface area contributed by atoms with Gasteiger partial charge in [0.05, 0.1) is 0 Å². The largest absolute Gasteiger partial charge is 0.433 e. The van der Waals surface area contributed by atoms with Crippen LogP contribution in [0.2, 0.25) is 0 Å². The van der Waals surface area contributed by atoms with Gasteiger partial charge in [-0.1, -0.05) is 6.42 Å². The number of rotatable bonds is 4. The molecule has 4 nitrogen and oxygen atoms in total. The zero-order valence-electron chi connectivity index (χ0n) is 11.8. The van der Waals surface area contributed by atoms with Crippen molar-refractivity contribution in [1.29, 1.82) is 0 Å². The zero-order chi connectivity index (χ0) is 15.6. The molecular formula is C15H15F3N4. The summed E-state index contributed by atoms with van der Waals surface area (Å²) in [6.07, 6.45) is 1.91. The fraction of sp³-hybridized carbons (Fsp3) is 0.400. The first-order valence-corrected chi connectivity index (χ1v) is 7.13. The quantitative estimate of drug-likeness (QED) is 0.934. The van der Waals surface area contributed by atoms with E-state index in [4.69, 9.17) is 0 Å². The van der Waals surface area contributed by atoms with E-state index in [9.17, 15) is 13.2 Å². The second kappa shape index (κ2) is 5.90. The molecule has 0 radical (unpaired) electrons. The number of anilines is 1. The molecule has 1 N–H and O–H groups in total. The van der Waals surface area contributed by atoms with Crippen molar-refractivity contribution in [2.45, 2.75) is 25.4 Å². The van der Waals surface area contributed by atoms with Crippen LogP contribution in [0.5, 0.6) is 0 Å². The molecule has 2 aromatic heterocycles. The Kier molecular flexibility index (Phi) is 3.96. The van der Waals surface area contributed by atoms with E-state index in [1.54, 1.807) is 12.1 Å². The molecule has 1 aliphatic carbocycles. The van der Waals surface area contributed by atoms with E-state index < -0.39 is 11.9 Å². The smallest absolute Gasteiger partial charge is 0.370 e. The summed E-state index contributed by atoms with van der Waals surface area (Å²) in [7, 11) is 0. The van der Waals surface area contributed by atoms with E-state index in [-0.39, 0.29) is 11.6 Å². The molecule has 0 aromatic carbocycles. The standard InChI is InChI=1S/C15H15F3N4/c16-15(17,18)12-8-13(20-9-10-2-1-3-10)22-14(21-12)11-4-6-19-7-5-11/h4-8,10H,1-3,9H2,(H,20,21,22). The molecule has 7 heteroatoms. The van der Waals surface area contributed by atoms with E-state index in [1.165, 1.54) is 18.8 Å².